The zero-order chi connectivity index (χ0) is 11.5. The Kier molecular flexibility index (Phi) is 3.71. The third-order valence-electron chi connectivity index (χ3n) is 3.07. The number of nitrogens with two attached hydrogens (primary N) is 1. The molecule has 0 amide bonds. The lowest BCUT2D eigenvalue weighted by Gasteiger charge is -2.07. The molecule has 1 fully saturated rings. The predicted molar refractivity (Wildman–Crippen MR) is 66.0 cm³/mol. The van der Waals surface area contributed by atoms with E-state index in [0.717, 1.165) is 29.4 Å². The zero-order valence-corrected chi connectivity index (χ0v) is 10.6. The molecule has 0 bridgehead atoms. The Morgan fingerprint density at radius 3 is 2.88 bits per heavy atom. The summed E-state index contributed by atoms with van der Waals surface area (Å²) in [7, 11) is 0. The van der Waals surface area contributed by atoms with Gasteiger partial charge in [-0.05, 0) is 47.3 Å². The lowest BCUT2D eigenvalue weighted by molar-refractivity contribution is -0.122. The maximum atomic E-state index is 11.9. The van der Waals surface area contributed by atoms with E-state index in [9.17, 15) is 4.79 Å². The van der Waals surface area contributed by atoms with Crippen LogP contribution in [-0.2, 0) is 11.2 Å². The van der Waals surface area contributed by atoms with Gasteiger partial charge in [-0.25, -0.2) is 0 Å². The minimum Gasteiger partial charge on any atom is -0.328 e. The molecule has 2 atom stereocenters. The minimum absolute atomic E-state index is 0.153. The monoisotopic (exact) mass is 282 g/mol. The highest BCUT2D eigenvalue weighted by Crippen LogP contribution is 2.25. The van der Waals surface area contributed by atoms with E-state index in [2.05, 4.69) is 20.9 Å². The van der Waals surface area contributed by atoms with Crippen molar-refractivity contribution in [3.05, 3.63) is 28.5 Å². The molecule has 2 N–H and O–H groups in total. The lowest BCUT2D eigenvalue weighted by atomic mass is 9.98. The van der Waals surface area contributed by atoms with Crippen LogP contribution in [0, 0.1) is 5.92 Å². The third-order valence-corrected chi connectivity index (χ3v) is 3.54. The first-order valence-corrected chi connectivity index (χ1v) is 6.33. The fraction of sp³-hybridized carbons (Fsp3) is 0.500. The number of ketones is 1. The van der Waals surface area contributed by atoms with Crippen molar-refractivity contribution in [2.45, 2.75) is 31.7 Å². The van der Waals surface area contributed by atoms with Crippen molar-refractivity contribution in [2.75, 3.05) is 0 Å². The first-order valence-electron chi connectivity index (χ1n) is 5.54. The molecular weight excluding hydrogens is 268 g/mol. The summed E-state index contributed by atoms with van der Waals surface area (Å²) in [5, 5.41) is 0. The zero-order valence-electron chi connectivity index (χ0n) is 9.03. The highest BCUT2D eigenvalue weighted by atomic mass is 79.9. The van der Waals surface area contributed by atoms with Crippen LogP contribution in [0.5, 0.6) is 0 Å². The molecule has 1 aromatic heterocycles. The second-order valence-corrected chi connectivity index (χ2v) is 5.30. The number of carbonyl (C=O) groups excluding carboxylic acids is 1. The Labute approximate surface area is 104 Å². The van der Waals surface area contributed by atoms with Crippen molar-refractivity contribution < 1.29 is 4.79 Å². The Morgan fingerprint density at radius 1 is 1.50 bits per heavy atom. The molecule has 2 unspecified atom stereocenters. The molecule has 2 rings (SSSR count). The quantitative estimate of drug-likeness (QED) is 0.924. The number of halogens is 1. The van der Waals surface area contributed by atoms with Crippen LogP contribution in [0.15, 0.2) is 22.8 Å². The molecule has 1 aliphatic rings. The number of carbonyl (C=O) groups is 1. The topological polar surface area (TPSA) is 56.0 Å². The maximum Gasteiger partial charge on any atom is 0.141 e. The molecular formula is C12H15BrN2O. The van der Waals surface area contributed by atoms with Crippen molar-refractivity contribution in [2.24, 2.45) is 11.7 Å². The number of Topliss-reactive ketones (excluding diaryl/α,β-unsaturated/α-hetero) is 1. The summed E-state index contributed by atoms with van der Waals surface area (Å²) < 4.78 is 0.937. The summed E-state index contributed by atoms with van der Waals surface area (Å²) >= 11 is 3.32. The number of hydrogen-bond acceptors (Lipinski definition) is 3. The second-order valence-electron chi connectivity index (χ2n) is 4.38. The Hall–Kier alpha value is -0.740. The molecule has 0 aromatic carbocycles. The predicted octanol–water partition coefficient (Wildman–Crippen LogP) is 2.08. The fourth-order valence-corrected chi connectivity index (χ4v) is 2.38. The van der Waals surface area contributed by atoms with Gasteiger partial charge in [0.2, 0.25) is 0 Å². The van der Waals surface area contributed by atoms with Crippen LogP contribution < -0.4 is 5.73 Å². The highest BCUT2D eigenvalue weighted by Gasteiger charge is 2.27. The first-order chi connectivity index (χ1) is 7.65. The van der Waals surface area contributed by atoms with E-state index in [-0.39, 0.29) is 17.7 Å². The van der Waals surface area contributed by atoms with E-state index >= 15 is 0 Å². The van der Waals surface area contributed by atoms with Crippen molar-refractivity contribution in [3.8, 4) is 0 Å². The molecule has 1 heterocycles. The number of rotatable bonds is 3. The van der Waals surface area contributed by atoms with Crippen LogP contribution in [0.1, 0.15) is 25.0 Å². The SMILES string of the molecule is NC1CCC(C(=O)Cc2ccc(Br)cn2)C1. The average molecular weight is 283 g/mol. The van der Waals surface area contributed by atoms with Gasteiger partial charge in [-0.15, -0.1) is 0 Å². The molecule has 0 spiro atoms. The molecule has 4 heteroatoms. The lowest BCUT2D eigenvalue weighted by Crippen LogP contribution is -2.19. The summed E-state index contributed by atoms with van der Waals surface area (Å²) in [6.07, 6.45) is 4.92. The largest absolute Gasteiger partial charge is 0.328 e. The molecule has 0 radical (unpaired) electrons. The Balaban J connectivity index is 1.94. The van der Waals surface area contributed by atoms with E-state index in [1.165, 1.54) is 0 Å². The molecule has 1 aromatic rings. The Morgan fingerprint density at radius 2 is 2.31 bits per heavy atom. The van der Waals surface area contributed by atoms with Crippen LogP contribution in [0.25, 0.3) is 0 Å². The van der Waals surface area contributed by atoms with Gasteiger partial charge >= 0.3 is 0 Å². The van der Waals surface area contributed by atoms with E-state index in [1.807, 2.05) is 12.1 Å². The van der Waals surface area contributed by atoms with Gasteiger partial charge in [-0.3, -0.25) is 9.78 Å². The van der Waals surface area contributed by atoms with E-state index in [1.54, 1.807) is 6.20 Å². The van der Waals surface area contributed by atoms with Crippen molar-refractivity contribution >= 4 is 21.7 Å². The van der Waals surface area contributed by atoms with Crippen LogP contribution in [0.2, 0.25) is 0 Å². The van der Waals surface area contributed by atoms with Gasteiger partial charge in [0.05, 0.1) is 0 Å². The molecule has 0 aliphatic heterocycles. The Bertz CT molecular complexity index is 377. The number of nitrogens with zero attached hydrogens (tertiary/aromatic N) is 1. The summed E-state index contributed by atoms with van der Waals surface area (Å²) in [5.74, 6) is 0.434. The van der Waals surface area contributed by atoms with Crippen molar-refractivity contribution in [3.63, 3.8) is 0 Å². The van der Waals surface area contributed by atoms with Gasteiger partial charge in [-0.1, -0.05) is 0 Å². The normalized spacial score (nSPS) is 24.6. The molecule has 3 nitrogen and oxygen atoms in total. The summed E-state index contributed by atoms with van der Waals surface area (Å²) in [6, 6.07) is 4.01. The molecule has 1 saturated carbocycles. The minimum atomic E-state index is 0.153. The molecule has 16 heavy (non-hydrogen) atoms. The van der Waals surface area contributed by atoms with Crippen LogP contribution in [0.4, 0.5) is 0 Å². The summed E-state index contributed by atoms with van der Waals surface area (Å²) in [5.41, 5.74) is 6.64. The van der Waals surface area contributed by atoms with E-state index in [4.69, 9.17) is 5.73 Å². The van der Waals surface area contributed by atoms with E-state index in [0.29, 0.717) is 6.42 Å². The standard InChI is InChI=1S/C12H15BrN2O/c13-9-2-4-11(15-7-9)6-12(16)8-1-3-10(14)5-8/h2,4,7-8,10H,1,3,5-6,14H2. The van der Waals surface area contributed by atoms with Gasteiger partial charge in [0.15, 0.2) is 0 Å². The smallest absolute Gasteiger partial charge is 0.141 e. The van der Waals surface area contributed by atoms with Gasteiger partial charge in [0.1, 0.15) is 5.78 Å². The van der Waals surface area contributed by atoms with Crippen LogP contribution >= 0.6 is 15.9 Å². The number of aromatic nitrogens is 1. The van der Waals surface area contributed by atoms with Gasteiger partial charge < -0.3 is 5.73 Å². The van der Waals surface area contributed by atoms with Gasteiger partial charge in [0, 0.05) is 34.7 Å². The van der Waals surface area contributed by atoms with Gasteiger partial charge in [0.25, 0.3) is 0 Å². The highest BCUT2D eigenvalue weighted by molar-refractivity contribution is 9.10. The molecule has 1 aliphatic carbocycles. The van der Waals surface area contributed by atoms with Crippen LogP contribution in [-0.4, -0.2) is 16.8 Å². The second kappa shape index (κ2) is 5.06. The van der Waals surface area contributed by atoms with Crippen molar-refractivity contribution in [1.29, 1.82) is 0 Å². The summed E-state index contributed by atoms with van der Waals surface area (Å²) in [6.45, 7) is 0. The first kappa shape index (κ1) is 11.7. The number of hydrogen-bond donors (Lipinski definition) is 1. The van der Waals surface area contributed by atoms with Gasteiger partial charge in [-0.2, -0.15) is 0 Å². The average Bonchev–Trinajstić information content (AvgIpc) is 2.68. The van der Waals surface area contributed by atoms with E-state index < -0.39 is 0 Å². The summed E-state index contributed by atoms with van der Waals surface area (Å²) in [4.78, 5) is 16.1. The van der Waals surface area contributed by atoms with Crippen LogP contribution in [0.3, 0.4) is 0 Å². The maximum absolute atomic E-state index is 11.9. The number of pyridine rings is 1. The fourth-order valence-electron chi connectivity index (χ4n) is 2.14. The van der Waals surface area contributed by atoms with Crippen molar-refractivity contribution in [1.82, 2.24) is 4.98 Å². The molecule has 86 valence electrons. The third kappa shape index (κ3) is 2.89. The molecule has 0 saturated heterocycles.